The van der Waals surface area contributed by atoms with Crippen molar-refractivity contribution in [1.82, 2.24) is 4.98 Å². The lowest BCUT2D eigenvalue weighted by atomic mass is 10.1. The van der Waals surface area contributed by atoms with Crippen LogP contribution in [0.5, 0.6) is 0 Å². The van der Waals surface area contributed by atoms with Crippen LogP contribution in [0.25, 0.3) is 0 Å². The number of hydrogen-bond acceptors (Lipinski definition) is 5. The Morgan fingerprint density at radius 3 is 2.76 bits per heavy atom. The second-order valence-electron chi connectivity index (χ2n) is 4.43. The van der Waals surface area contributed by atoms with Crippen LogP contribution in [0.1, 0.15) is 21.5 Å². The van der Waals surface area contributed by atoms with Crippen molar-refractivity contribution >= 4 is 17.5 Å². The third-order valence-corrected chi connectivity index (χ3v) is 3.02. The van der Waals surface area contributed by atoms with Crippen LogP contribution < -0.4 is 5.32 Å². The Balaban J connectivity index is 2.26. The molecule has 0 aliphatic carbocycles. The summed E-state index contributed by atoms with van der Waals surface area (Å²) in [5.41, 5.74) is 1.46. The summed E-state index contributed by atoms with van der Waals surface area (Å²) < 4.78 is 0. The van der Waals surface area contributed by atoms with E-state index in [1.165, 1.54) is 0 Å². The molecule has 0 spiro atoms. The smallest absolute Gasteiger partial charge is 0.337 e. The molecule has 0 bridgehead atoms. The largest absolute Gasteiger partial charge is 0.478 e. The van der Waals surface area contributed by atoms with Crippen molar-refractivity contribution in [3.8, 4) is 0 Å². The van der Waals surface area contributed by atoms with Crippen LogP contribution in [0.15, 0.2) is 36.5 Å². The predicted molar refractivity (Wildman–Crippen MR) is 76.4 cm³/mol. The van der Waals surface area contributed by atoms with Crippen molar-refractivity contribution in [1.29, 1.82) is 0 Å². The summed E-state index contributed by atoms with van der Waals surface area (Å²) in [5, 5.41) is 22.7. The third kappa shape index (κ3) is 3.33. The van der Waals surface area contributed by atoms with Crippen molar-refractivity contribution in [2.45, 2.75) is 13.5 Å². The second-order valence-corrected chi connectivity index (χ2v) is 4.43. The highest BCUT2D eigenvalue weighted by atomic mass is 16.6. The molecule has 1 aromatic heterocycles. The van der Waals surface area contributed by atoms with Gasteiger partial charge < -0.3 is 10.4 Å². The zero-order valence-corrected chi connectivity index (χ0v) is 11.2. The average Bonchev–Trinajstić information content (AvgIpc) is 2.46. The van der Waals surface area contributed by atoms with Crippen molar-refractivity contribution < 1.29 is 14.8 Å². The van der Waals surface area contributed by atoms with E-state index in [-0.39, 0.29) is 17.1 Å². The first kappa shape index (κ1) is 14.4. The summed E-state index contributed by atoms with van der Waals surface area (Å²) in [7, 11) is 0. The fourth-order valence-corrected chi connectivity index (χ4v) is 1.83. The van der Waals surface area contributed by atoms with Gasteiger partial charge in [-0.15, -0.1) is 0 Å². The van der Waals surface area contributed by atoms with E-state index in [2.05, 4.69) is 10.3 Å². The van der Waals surface area contributed by atoms with Crippen LogP contribution in [0.2, 0.25) is 0 Å². The van der Waals surface area contributed by atoms with Gasteiger partial charge in [0.1, 0.15) is 0 Å². The van der Waals surface area contributed by atoms with Crippen LogP contribution in [-0.2, 0) is 6.54 Å². The van der Waals surface area contributed by atoms with Crippen LogP contribution in [0.3, 0.4) is 0 Å². The van der Waals surface area contributed by atoms with Gasteiger partial charge in [0, 0.05) is 18.8 Å². The number of benzene rings is 1. The molecule has 0 aliphatic heterocycles. The van der Waals surface area contributed by atoms with E-state index >= 15 is 0 Å². The van der Waals surface area contributed by atoms with Gasteiger partial charge in [-0.3, -0.25) is 10.1 Å². The Morgan fingerprint density at radius 2 is 2.14 bits per heavy atom. The Morgan fingerprint density at radius 1 is 1.43 bits per heavy atom. The number of carboxylic acid groups (broad SMARTS) is 1. The quantitative estimate of drug-likeness (QED) is 0.646. The molecule has 0 saturated heterocycles. The van der Waals surface area contributed by atoms with Gasteiger partial charge in [-0.1, -0.05) is 24.3 Å². The molecule has 0 saturated carbocycles. The topological polar surface area (TPSA) is 105 Å². The molecule has 0 radical (unpaired) electrons. The standard InChI is InChI=1S/C14H13N3O4/c1-9-4-2-3-5-10(9)7-15-13-12(17(20)21)6-11(8-16-13)14(18)19/h2-6,8H,7H2,1H3,(H,15,16)(H,18,19). The minimum Gasteiger partial charge on any atom is -0.478 e. The predicted octanol–water partition coefficient (Wildman–Crippen LogP) is 2.61. The molecule has 2 N–H and O–H groups in total. The molecule has 0 amide bonds. The van der Waals surface area contributed by atoms with E-state index in [9.17, 15) is 14.9 Å². The van der Waals surface area contributed by atoms with Crippen LogP contribution in [0, 0.1) is 17.0 Å². The van der Waals surface area contributed by atoms with Gasteiger partial charge in [0.15, 0.2) is 0 Å². The first-order valence-electron chi connectivity index (χ1n) is 6.15. The first-order chi connectivity index (χ1) is 9.99. The Hall–Kier alpha value is -2.96. The fourth-order valence-electron chi connectivity index (χ4n) is 1.83. The monoisotopic (exact) mass is 287 g/mol. The number of carbonyl (C=O) groups is 1. The first-order valence-corrected chi connectivity index (χ1v) is 6.15. The lowest BCUT2D eigenvalue weighted by Crippen LogP contribution is -2.07. The maximum atomic E-state index is 11.0. The fraction of sp³-hybridized carbons (Fsp3) is 0.143. The van der Waals surface area contributed by atoms with E-state index in [0.29, 0.717) is 6.54 Å². The minimum atomic E-state index is -1.25. The minimum absolute atomic E-state index is 0.0493. The van der Waals surface area contributed by atoms with Gasteiger partial charge in [-0.2, -0.15) is 0 Å². The van der Waals surface area contributed by atoms with Gasteiger partial charge >= 0.3 is 11.7 Å². The number of anilines is 1. The van der Waals surface area contributed by atoms with Gasteiger partial charge in [0.2, 0.25) is 5.82 Å². The Kier molecular flexibility index (Phi) is 4.13. The zero-order valence-electron chi connectivity index (χ0n) is 11.2. The molecule has 2 rings (SSSR count). The third-order valence-electron chi connectivity index (χ3n) is 3.02. The number of nitro groups is 1. The average molecular weight is 287 g/mol. The summed E-state index contributed by atoms with van der Waals surface area (Å²) in [4.78, 5) is 25.0. The number of carboxylic acids is 1. The number of aromatic carboxylic acids is 1. The summed E-state index contributed by atoms with van der Waals surface area (Å²) in [5.74, 6) is -1.20. The Labute approximate surface area is 120 Å². The molecule has 2 aromatic rings. The molecule has 21 heavy (non-hydrogen) atoms. The van der Waals surface area contributed by atoms with Crippen molar-refractivity contribution in [2.75, 3.05) is 5.32 Å². The molecule has 1 aromatic carbocycles. The molecule has 0 atom stereocenters. The van der Waals surface area contributed by atoms with Crippen molar-refractivity contribution in [3.05, 3.63) is 63.3 Å². The van der Waals surface area contributed by atoms with Crippen LogP contribution in [0.4, 0.5) is 11.5 Å². The summed E-state index contributed by atoms with van der Waals surface area (Å²) in [6.07, 6.45) is 1.09. The number of aryl methyl sites for hydroxylation is 1. The summed E-state index contributed by atoms with van der Waals surface area (Å²) in [6.45, 7) is 2.30. The number of nitrogens with one attached hydrogen (secondary N) is 1. The molecular weight excluding hydrogens is 274 g/mol. The van der Waals surface area contributed by atoms with Gasteiger partial charge in [0.25, 0.3) is 0 Å². The second kappa shape index (κ2) is 6.00. The summed E-state index contributed by atoms with van der Waals surface area (Å²) in [6, 6.07) is 8.61. The molecular formula is C14H13N3O4. The number of rotatable bonds is 5. The molecule has 1 heterocycles. The number of hydrogen-bond donors (Lipinski definition) is 2. The highest BCUT2D eigenvalue weighted by Gasteiger charge is 2.18. The highest BCUT2D eigenvalue weighted by molar-refractivity contribution is 5.88. The number of pyridine rings is 1. The molecule has 7 nitrogen and oxygen atoms in total. The number of nitrogens with zero attached hydrogens (tertiary/aromatic N) is 2. The lowest BCUT2D eigenvalue weighted by molar-refractivity contribution is -0.384. The van der Waals surface area contributed by atoms with Crippen molar-refractivity contribution in [2.24, 2.45) is 0 Å². The van der Waals surface area contributed by atoms with E-state index in [0.717, 1.165) is 23.4 Å². The van der Waals surface area contributed by atoms with E-state index < -0.39 is 10.9 Å². The SMILES string of the molecule is Cc1ccccc1CNc1ncc(C(=O)O)cc1[N+](=O)[O-]. The molecule has 7 heteroatoms. The number of aromatic nitrogens is 1. The lowest BCUT2D eigenvalue weighted by Gasteiger charge is -2.08. The Bertz CT molecular complexity index is 700. The normalized spacial score (nSPS) is 10.1. The van der Waals surface area contributed by atoms with E-state index in [1.807, 2.05) is 31.2 Å². The zero-order chi connectivity index (χ0) is 15.4. The van der Waals surface area contributed by atoms with Gasteiger partial charge in [-0.25, -0.2) is 9.78 Å². The molecule has 108 valence electrons. The van der Waals surface area contributed by atoms with Crippen LogP contribution >= 0.6 is 0 Å². The van der Waals surface area contributed by atoms with Crippen LogP contribution in [-0.4, -0.2) is 21.0 Å². The van der Waals surface area contributed by atoms with Gasteiger partial charge in [-0.05, 0) is 18.1 Å². The maximum absolute atomic E-state index is 11.0. The van der Waals surface area contributed by atoms with E-state index in [4.69, 9.17) is 5.11 Å². The maximum Gasteiger partial charge on any atom is 0.337 e. The van der Waals surface area contributed by atoms with Gasteiger partial charge in [0.05, 0.1) is 10.5 Å². The molecule has 0 aliphatic rings. The van der Waals surface area contributed by atoms with Crippen molar-refractivity contribution in [3.63, 3.8) is 0 Å². The molecule has 0 unspecified atom stereocenters. The highest BCUT2D eigenvalue weighted by Crippen LogP contribution is 2.23. The molecule has 0 fully saturated rings. The van der Waals surface area contributed by atoms with E-state index in [1.54, 1.807) is 0 Å². The summed E-state index contributed by atoms with van der Waals surface area (Å²) >= 11 is 0.